The van der Waals surface area contributed by atoms with Crippen molar-refractivity contribution >= 4 is 0 Å². The van der Waals surface area contributed by atoms with Crippen LogP contribution in [0.2, 0.25) is 0 Å². The molecule has 1 N–H and O–H groups in total. The number of nitrogens with one attached hydrogen (secondary N) is 1. The molecule has 0 radical (unpaired) electrons. The fourth-order valence-electron chi connectivity index (χ4n) is 4.29. The second-order valence-corrected chi connectivity index (χ2v) is 7.63. The maximum absolute atomic E-state index is 3.83. The molecule has 0 aromatic carbocycles. The van der Waals surface area contributed by atoms with E-state index in [4.69, 9.17) is 0 Å². The van der Waals surface area contributed by atoms with Gasteiger partial charge in [0.05, 0.1) is 0 Å². The third kappa shape index (κ3) is 4.21. The molecular weight excluding hydrogens is 244 g/mol. The summed E-state index contributed by atoms with van der Waals surface area (Å²) >= 11 is 0. The number of nitrogens with zero attached hydrogens (tertiary/aromatic N) is 1. The Morgan fingerprint density at radius 1 is 0.950 bits per heavy atom. The van der Waals surface area contributed by atoms with Crippen LogP contribution < -0.4 is 5.32 Å². The molecule has 0 amide bonds. The van der Waals surface area contributed by atoms with Crippen LogP contribution in [0.4, 0.5) is 0 Å². The van der Waals surface area contributed by atoms with Gasteiger partial charge in [-0.15, -0.1) is 0 Å². The molecule has 0 heterocycles. The van der Waals surface area contributed by atoms with E-state index in [0.29, 0.717) is 0 Å². The minimum Gasteiger partial charge on any atom is -0.312 e. The number of likely N-dealkylation sites (N-methyl/N-ethyl adjacent to an activating group) is 1. The number of hydrogen-bond donors (Lipinski definition) is 1. The van der Waals surface area contributed by atoms with E-state index >= 15 is 0 Å². The molecule has 118 valence electrons. The van der Waals surface area contributed by atoms with Crippen LogP contribution in [-0.2, 0) is 0 Å². The first-order valence-corrected chi connectivity index (χ1v) is 9.07. The van der Waals surface area contributed by atoms with Crippen molar-refractivity contribution in [2.75, 3.05) is 13.6 Å². The van der Waals surface area contributed by atoms with Crippen LogP contribution in [-0.4, -0.2) is 36.6 Å². The first kappa shape index (κ1) is 16.3. The fourth-order valence-corrected chi connectivity index (χ4v) is 4.29. The van der Waals surface area contributed by atoms with E-state index in [1.54, 1.807) is 0 Å². The van der Waals surface area contributed by atoms with Crippen LogP contribution in [0.1, 0.15) is 72.1 Å². The van der Waals surface area contributed by atoms with Crippen molar-refractivity contribution in [1.29, 1.82) is 0 Å². The van der Waals surface area contributed by atoms with E-state index in [0.717, 1.165) is 30.0 Å². The van der Waals surface area contributed by atoms with Crippen LogP contribution in [0.5, 0.6) is 0 Å². The number of rotatable bonds is 5. The van der Waals surface area contributed by atoms with Crippen LogP contribution in [0.15, 0.2) is 0 Å². The quantitative estimate of drug-likeness (QED) is 0.817. The molecule has 0 spiro atoms. The fraction of sp³-hybridized carbons (Fsp3) is 1.00. The Balaban J connectivity index is 1.94. The van der Waals surface area contributed by atoms with E-state index in [9.17, 15) is 0 Å². The predicted molar refractivity (Wildman–Crippen MR) is 88.1 cm³/mol. The second-order valence-electron chi connectivity index (χ2n) is 7.63. The average Bonchev–Trinajstić information content (AvgIpc) is 2.46. The molecule has 0 aromatic rings. The summed E-state index contributed by atoms with van der Waals surface area (Å²) in [5, 5.41) is 3.83. The molecule has 0 saturated heterocycles. The first-order valence-electron chi connectivity index (χ1n) is 9.07. The topological polar surface area (TPSA) is 15.3 Å². The minimum absolute atomic E-state index is 0.732. The van der Waals surface area contributed by atoms with E-state index in [-0.39, 0.29) is 0 Å². The van der Waals surface area contributed by atoms with Gasteiger partial charge in [0.15, 0.2) is 0 Å². The smallest absolute Gasteiger partial charge is 0.0251 e. The second kappa shape index (κ2) is 7.79. The zero-order valence-corrected chi connectivity index (χ0v) is 14.2. The van der Waals surface area contributed by atoms with Crippen LogP contribution in [0.3, 0.4) is 0 Å². The van der Waals surface area contributed by atoms with Gasteiger partial charge in [0.1, 0.15) is 0 Å². The Hall–Kier alpha value is -0.0800. The lowest BCUT2D eigenvalue weighted by atomic mass is 9.80. The summed E-state index contributed by atoms with van der Waals surface area (Å²) in [7, 11) is 2.41. The standard InChI is InChI=1S/C18H36N2/c1-5-12-19-17-11-8-15(3)13-18(17)20(4)16-9-6-14(2)7-10-16/h14-19H,5-13H2,1-4H3. The van der Waals surface area contributed by atoms with Crippen molar-refractivity contribution in [3.8, 4) is 0 Å². The van der Waals surface area contributed by atoms with Gasteiger partial charge in [0, 0.05) is 18.1 Å². The molecule has 2 rings (SSSR count). The summed E-state index contributed by atoms with van der Waals surface area (Å²) in [4.78, 5) is 2.76. The van der Waals surface area contributed by atoms with Gasteiger partial charge in [0.25, 0.3) is 0 Å². The zero-order valence-electron chi connectivity index (χ0n) is 14.2. The van der Waals surface area contributed by atoms with Crippen molar-refractivity contribution < 1.29 is 0 Å². The molecule has 3 atom stereocenters. The highest BCUT2D eigenvalue weighted by Gasteiger charge is 2.34. The monoisotopic (exact) mass is 280 g/mol. The van der Waals surface area contributed by atoms with Crippen molar-refractivity contribution in [3.05, 3.63) is 0 Å². The Morgan fingerprint density at radius 3 is 2.25 bits per heavy atom. The molecule has 2 nitrogen and oxygen atoms in total. The van der Waals surface area contributed by atoms with Crippen LogP contribution in [0, 0.1) is 11.8 Å². The first-order chi connectivity index (χ1) is 9.61. The average molecular weight is 281 g/mol. The van der Waals surface area contributed by atoms with E-state index in [1.807, 2.05) is 0 Å². The van der Waals surface area contributed by atoms with Gasteiger partial charge in [0.2, 0.25) is 0 Å². The lowest BCUT2D eigenvalue weighted by molar-refractivity contribution is 0.0640. The molecule has 2 fully saturated rings. The van der Waals surface area contributed by atoms with Gasteiger partial charge in [-0.1, -0.05) is 20.8 Å². The molecule has 0 aliphatic heterocycles. The largest absolute Gasteiger partial charge is 0.312 e. The van der Waals surface area contributed by atoms with Crippen LogP contribution >= 0.6 is 0 Å². The van der Waals surface area contributed by atoms with E-state index in [2.05, 4.69) is 38.0 Å². The highest BCUT2D eigenvalue weighted by Crippen LogP contribution is 2.33. The Morgan fingerprint density at radius 2 is 1.60 bits per heavy atom. The third-order valence-electron chi connectivity index (χ3n) is 5.82. The lowest BCUT2D eigenvalue weighted by Gasteiger charge is -2.45. The van der Waals surface area contributed by atoms with E-state index in [1.165, 1.54) is 57.9 Å². The molecule has 2 heteroatoms. The molecule has 2 saturated carbocycles. The highest BCUT2D eigenvalue weighted by atomic mass is 15.2. The minimum atomic E-state index is 0.732. The molecular formula is C18H36N2. The SMILES string of the molecule is CCCNC1CCC(C)CC1N(C)C1CCC(C)CC1. The van der Waals surface area contributed by atoms with Crippen molar-refractivity contribution in [2.45, 2.75) is 90.3 Å². The van der Waals surface area contributed by atoms with Gasteiger partial charge in [-0.2, -0.15) is 0 Å². The molecule has 3 unspecified atom stereocenters. The molecule has 2 aliphatic rings. The summed E-state index contributed by atoms with van der Waals surface area (Å²) in [5.74, 6) is 1.86. The van der Waals surface area contributed by atoms with Crippen molar-refractivity contribution in [3.63, 3.8) is 0 Å². The number of hydrogen-bond acceptors (Lipinski definition) is 2. The zero-order chi connectivity index (χ0) is 14.5. The molecule has 0 aromatic heterocycles. The van der Waals surface area contributed by atoms with Crippen LogP contribution in [0.25, 0.3) is 0 Å². The summed E-state index contributed by atoms with van der Waals surface area (Å²) in [5.41, 5.74) is 0. The Bertz CT molecular complexity index is 269. The van der Waals surface area contributed by atoms with Crippen molar-refractivity contribution in [1.82, 2.24) is 10.2 Å². The summed E-state index contributed by atoms with van der Waals surface area (Å²) in [6.07, 6.45) is 11.1. The maximum Gasteiger partial charge on any atom is 0.0251 e. The molecule has 2 aliphatic carbocycles. The summed E-state index contributed by atoms with van der Waals surface area (Å²) < 4.78 is 0. The van der Waals surface area contributed by atoms with Gasteiger partial charge < -0.3 is 5.32 Å². The van der Waals surface area contributed by atoms with Gasteiger partial charge in [-0.3, -0.25) is 4.90 Å². The lowest BCUT2D eigenvalue weighted by Crippen LogP contribution is -2.55. The Labute approximate surface area is 126 Å². The van der Waals surface area contributed by atoms with Gasteiger partial charge in [-0.25, -0.2) is 0 Å². The Kier molecular flexibility index (Phi) is 6.35. The van der Waals surface area contributed by atoms with E-state index < -0.39 is 0 Å². The molecule has 20 heavy (non-hydrogen) atoms. The summed E-state index contributed by atoms with van der Waals surface area (Å²) in [6.45, 7) is 8.33. The molecule has 0 bridgehead atoms. The maximum atomic E-state index is 3.83. The highest BCUT2D eigenvalue weighted by molar-refractivity contribution is 4.92. The van der Waals surface area contributed by atoms with Crippen molar-refractivity contribution in [2.24, 2.45) is 11.8 Å². The predicted octanol–water partition coefficient (Wildman–Crippen LogP) is 4.05. The third-order valence-corrected chi connectivity index (χ3v) is 5.82. The normalized spacial score (nSPS) is 39.1. The summed E-state index contributed by atoms with van der Waals surface area (Å²) in [6, 6.07) is 2.34. The van der Waals surface area contributed by atoms with Gasteiger partial charge in [-0.05, 0) is 76.8 Å². The van der Waals surface area contributed by atoms with Gasteiger partial charge >= 0.3 is 0 Å².